The Kier molecular flexibility index (Phi) is 4.50. The summed E-state index contributed by atoms with van der Waals surface area (Å²) in [6, 6.07) is 8.97. The van der Waals surface area contributed by atoms with Gasteiger partial charge in [-0.15, -0.1) is 0 Å². The number of para-hydroxylation sites is 1. The Labute approximate surface area is 112 Å². The molecule has 1 fully saturated rings. The van der Waals surface area contributed by atoms with Crippen molar-refractivity contribution in [1.82, 2.24) is 0 Å². The Bertz CT molecular complexity index is 490. The molecule has 1 amide bonds. The first-order valence-corrected chi connectivity index (χ1v) is 6.44. The summed E-state index contributed by atoms with van der Waals surface area (Å²) >= 11 is 0. The van der Waals surface area contributed by atoms with Crippen molar-refractivity contribution >= 4 is 11.6 Å². The van der Waals surface area contributed by atoms with Gasteiger partial charge in [-0.1, -0.05) is 12.1 Å². The molecule has 5 nitrogen and oxygen atoms in total. The van der Waals surface area contributed by atoms with Gasteiger partial charge in [0.25, 0.3) is 5.91 Å². The lowest BCUT2D eigenvalue weighted by Crippen LogP contribution is -3.18. The molecule has 0 saturated carbocycles. The van der Waals surface area contributed by atoms with Crippen molar-refractivity contribution < 1.29 is 14.4 Å². The highest BCUT2D eigenvalue weighted by atomic mass is 16.5. The van der Waals surface area contributed by atoms with E-state index in [2.05, 4.69) is 11.4 Å². The lowest BCUT2D eigenvalue weighted by molar-refractivity contribution is -0.921. The third kappa shape index (κ3) is 3.31. The number of amides is 1. The number of hydrogen-bond acceptors (Lipinski definition) is 3. The number of carbonyl (C=O) groups excluding carboxylic acids is 1. The minimum atomic E-state index is -0.143. The molecule has 1 aliphatic rings. The van der Waals surface area contributed by atoms with Crippen molar-refractivity contribution in [2.24, 2.45) is 0 Å². The standard InChI is InChI=1S/C14H17N3O2/c1-11(17-6-8-19-9-7-17)14(18)16-13-5-3-2-4-12(13)10-15/h2-5,11H,6-9H2,1H3,(H,16,18)/p+1/t11-/m0/s1. The van der Waals surface area contributed by atoms with Crippen LogP contribution < -0.4 is 10.2 Å². The van der Waals surface area contributed by atoms with E-state index in [9.17, 15) is 4.79 Å². The fourth-order valence-corrected chi connectivity index (χ4v) is 2.18. The maximum absolute atomic E-state index is 12.2. The molecule has 0 unspecified atom stereocenters. The highest BCUT2D eigenvalue weighted by Gasteiger charge is 2.27. The summed E-state index contributed by atoms with van der Waals surface area (Å²) < 4.78 is 5.29. The van der Waals surface area contributed by atoms with Gasteiger partial charge in [0.05, 0.1) is 24.5 Å². The molecule has 0 aromatic heterocycles. The summed E-state index contributed by atoms with van der Waals surface area (Å²) in [5.74, 6) is -0.0559. The Balaban J connectivity index is 2.02. The fraction of sp³-hybridized carbons (Fsp3) is 0.429. The molecule has 0 bridgehead atoms. The molecule has 1 heterocycles. The monoisotopic (exact) mass is 260 g/mol. The molecule has 1 atom stereocenters. The van der Waals surface area contributed by atoms with Gasteiger partial charge in [-0.05, 0) is 19.1 Å². The smallest absolute Gasteiger partial charge is 0.282 e. The van der Waals surface area contributed by atoms with E-state index in [1.807, 2.05) is 13.0 Å². The second-order valence-electron chi connectivity index (χ2n) is 4.64. The van der Waals surface area contributed by atoms with E-state index < -0.39 is 0 Å². The topological polar surface area (TPSA) is 66.6 Å². The second-order valence-corrected chi connectivity index (χ2v) is 4.64. The normalized spacial score (nSPS) is 17.5. The molecule has 2 N–H and O–H groups in total. The number of quaternary nitrogens is 1. The molecule has 1 aliphatic heterocycles. The van der Waals surface area contributed by atoms with E-state index in [4.69, 9.17) is 10.00 Å². The molecule has 1 saturated heterocycles. The zero-order valence-electron chi connectivity index (χ0n) is 11.0. The average molecular weight is 260 g/mol. The van der Waals surface area contributed by atoms with Crippen molar-refractivity contribution in [3.8, 4) is 6.07 Å². The van der Waals surface area contributed by atoms with Crippen LogP contribution in [-0.4, -0.2) is 38.3 Å². The molecule has 1 aromatic carbocycles. The van der Waals surface area contributed by atoms with Crippen molar-refractivity contribution in [3.63, 3.8) is 0 Å². The minimum Gasteiger partial charge on any atom is -0.370 e. The number of anilines is 1. The van der Waals surface area contributed by atoms with Crippen LogP contribution in [0.1, 0.15) is 12.5 Å². The lowest BCUT2D eigenvalue weighted by Gasteiger charge is -2.28. The summed E-state index contributed by atoms with van der Waals surface area (Å²) in [7, 11) is 0. The number of nitriles is 1. The van der Waals surface area contributed by atoms with Crippen molar-refractivity contribution in [3.05, 3.63) is 29.8 Å². The van der Waals surface area contributed by atoms with Crippen LogP contribution in [0.3, 0.4) is 0 Å². The number of benzene rings is 1. The molecular formula is C14H18N3O2+. The highest BCUT2D eigenvalue weighted by Crippen LogP contribution is 2.13. The van der Waals surface area contributed by atoms with Crippen molar-refractivity contribution in [2.45, 2.75) is 13.0 Å². The van der Waals surface area contributed by atoms with Gasteiger partial charge >= 0.3 is 0 Å². The maximum atomic E-state index is 12.2. The van der Waals surface area contributed by atoms with E-state index in [1.54, 1.807) is 18.2 Å². The van der Waals surface area contributed by atoms with E-state index >= 15 is 0 Å². The molecule has 19 heavy (non-hydrogen) atoms. The quantitative estimate of drug-likeness (QED) is 0.791. The SMILES string of the molecule is C[C@@H](C(=O)Nc1ccccc1C#N)[NH+]1CCOCC1. The molecule has 2 rings (SSSR count). The van der Waals surface area contributed by atoms with E-state index in [0.717, 1.165) is 13.1 Å². The average Bonchev–Trinajstić information content (AvgIpc) is 2.48. The number of morpholine rings is 1. The lowest BCUT2D eigenvalue weighted by atomic mass is 10.1. The predicted molar refractivity (Wildman–Crippen MR) is 70.8 cm³/mol. The molecule has 1 aromatic rings. The number of ether oxygens (including phenoxy) is 1. The van der Waals surface area contributed by atoms with Crippen LogP contribution in [0.4, 0.5) is 5.69 Å². The van der Waals surface area contributed by atoms with E-state index in [1.165, 1.54) is 4.90 Å². The number of rotatable bonds is 3. The highest BCUT2D eigenvalue weighted by molar-refractivity contribution is 5.94. The molecule has 0 radical (unpaired) electrons. The zero-order valence-corrected chi connectivity index (χ0v) is 11.0. The van der Waals surface area contributed by atoms with E-state index in [0.29, 0.717) is 24.5 Å². The first-order valence-electron chi connectivity index (χ1n) is 6.44. The number of hydrogen-bond donors (Lipinski definition) is 2. The maximum Gasteiger partial charge on any atom is 0.282 e. The van der Waals surface area contributed by atoms with Crippen LogP contribution in [0.25, 0.3) is 0 Å². The van der Waals surface area contributed by atoms with Gasteiger partial charge in [0.15, 0.2) is 6.04 Å². The van der Waals surface area contributed by atoms with Crippen molar-refractivity contribution in [1.29, 1.82) is 5.26 Å². The second kappa shape index (κ2) is 6.32. The largest absolute Gasteiger partial charge is 0.370 e. The summed E-state index contributed by atoms with van der Waals surface area (Å²) in [6.07, 6.45) is 0. The third-order valence-corrected chi connectivity index (χ3v) is 3.45. The summed E-state index contributed by atoms with van der Waals surface area (Å²) in [4.78, 5) is 13.4. The van der Waals surface area contributed by atoms with Crippen LogP contribution in [0.2, 0.25) is 0 Å². The van der Waals surface area contributed by atoms with Gasteiger partial charge in [0, 0.05) is 0 Å². The fourth-order valence-electron chi connectivity index (χ4n) is 2.18. The molecule has 5 heteroatoms. The van der Waals surface area contributed by atoms with Crippen LogP contribution in [0.5, 0.6) is 0 Å². The first-order chi connectivity index (χ1) is 9.22. The third-order valence-electron chi connectivity index (χ3n) is 3.45. The Morgan fingerprint density at radius 3 is 2.79 bits per heavy atom. The number of carbonyl (C=O) groups is 1. The predicted octanol–water partition coefficient (Wildman–Crippen LogP) is -0.200. The first kappa shape index (κ1) is 13.5. The molecular weight excluding hydrogens is 242 g/mol. The van der Waals surface area contributed by atoms with Gasteiger partial charge in [-0.3, -0.25) is 4.79 Å². The zero-order chi connectivity index (χ0) is 13.7. The van der Waals surface area contributed by atoms with Crippen molar-refractivity contribution in [2.75, 3.05) is 31.6 Å². The van der Waals surface area contributed by atoms with Gasteiger partial charge < -0.3 is 15.0 Å². The summed E-state index contributed by atoms with van der Waals surface area (Å²) in [6.45, 7) is 4.98. The van der Waals surface area contributed by atoms with Gasteiger partial charge in [-0.2, -0.15) is 5.26 Å². The Morgan fingerprint density at radius 1 is 1.42 bits per heavy atom. The Morgan fingerprint density at radius 2 is 2.11 bits per heavy atom. The van der Waals surface area contributed by atoms with Crippen LogP contribution in [-0.2, 0) is 9.53 Å². The van der Waals surface area contributed by atoms with Gasteiger partial charge in [0.2, 0.25) is 0 Å². The van der Waals surface area contributed by atoms with Gasteiger partial charge in [-0.25, -0.2) is 0 Å². The van der Waals surface area contributed by atoms with Crippen LogP contribution >= 0.6 is 0 Å². The Hall–Kier alpha value is -1.90. The van der Waals surface area contributed by atoms with Crippen LogP contribution in [0.15, 0.2) is 24.3 Å². The molecule has 0 spiro atoms. The van der Waals surface area contributed by atoms with E-state index in [-0.39, 0.29) is 11.9 Å². The minimum absolute atomic E-state index is 0.0559. The molecule has 0 aliphatic carbocycles. The number of nitrogens with zero attached hydrogens (tertiary/aromatic N) is 1. The summed E-state index contributed by atoms with van der Waals surface area (Å²) in [5.41, 5.74) is 1.06. The van der Waals surface area contributed by atoms with Gasteiger partial charge in [0.1, 0.15) is 19.2 Å². The number of nitrogens with one attached hydrogen (secondary N) is 2. The summed E-state index contributed by atoms with van der Waals surface area (Å²) in [5, 5.41) is 11.8. The van der Waals surface area contributed by atoms with Crippen LogP contribution in [0, 0.1) is 11.3 Å². The molecule has 100 valence electrons.